The lowest BCUT2D eigenvalue weighted by atomic mass is 9.76. The zero-order valence-corrected chi connectivity index (χ0v) is 13.4. The van der Waals surface area contributed by atoms with Crippen molar-refractivity contribution in [2.24, 2.45) is 0 Å². The number of hydrogen-bond acceptors (Lipinski definition) is 0. The first-order valence-electron chi connectivity index (χ1n) is 8.29. The SMILES string of the molecule is Cc1ccc2c(c1)C1(C=CCCCC=C1)c1cc(C)ccc1-2. The first kappa shape index (κ1) is 13.6. The Kier molecular flexibility index (Phi) is 3.07. The average molecular weight is 286 g/mol. The van der Waals surface area contributed by atoms with Crippen molar-refractivity contribution >= 4 is 0 Å². The molecular weight excluding hydrogens is 264 g/mol. The minimum Gasteiger partial charge on any atom is -0.0870 e. The van der Waals surface area contributed by atoms with Crippen LogP contribution in [0.4, 0.5) is 0 Å². The highest BCUT2D eigenvalue weighted by Gasteiger charge is 2.39. The van der Waals surface area contributed by atoms with Crippen LogP contribution in [0.1, 0.15) is 41.5 Å². The molecule has 0 heterocycles. The Morgan fingerprint density at radius 3 is 1.73 bits per heavy atom. The lowest BCUT2D eigenvalue weighted by molar-refractivity contribution is 0.781. The van der Waals surface area contributed by atoms with E-state index in [1.165, 1.54) is 52.6 Å². The Morgan fingerprint density at radius 1 is 0.727 bits per heavy atom. The summed E-state index contributed by atoms with van der Waals surface area (Å²) >= 11 is 0. The minimum atomic E-state index is -0.0663. The Labute approximate surface area is 133 Å². The number of fused-ring (bicyclic) bond motifs is 5. The summed E-state index contributed by atoms with van der Waals surface area (Å²) in [5, 5.41) is 0. The lowest BCUT2D eigenvalue weighted by Crippen LogP contribution is -2.20. The molecule has 0 unspecified atom stereocenters. The summed E-state index contributed by atoms with van der Waals surface area (Å²) in [7, 11) is 0. The summed E-state index contributed by atoms with van der Waals surface area (Å²) in [5.74, 6) is 0. The fraction of sp³-hybridized carbons (Fsp3) is 0.273. The molecule has 2 aromatic rings. The molecule has 0 nitrogen and oxygen atoms in total. The molecule has 0 amide bonds. The molecule has 2 aliphatic rings. The maximum absolute atomic E-state index is 2.44. The molecule has 4 rings (SSSR count). The van der Waals surface area contributed by atoms with Crippen LogP contribution in [0, 0.1) is 13.8 Å². The van der Waals surface area contributed by atoms with E-state index >= 15 is 0 Å². The van der Waals surface area contributed by atoms with E-state index < -0.39 is 0 Å². The molecule has 2 aliphatic carbocycles. The molecule has 2 aromatic carbocycles. The van der Waals surface area contributed by atoms with Gasteiger partial charge < -0.3 is 0 Å². The van der Waals surface area contributed by atoms with Crippen LogP contribution >= 0.6 is 0 Å². The van der Waals surface area contributed by atoms with Crippen LogP contribution < -0.4 is 0 Å². The lowest BCUT2D eigenvalue weighted by Gasteiger charge is -2.27. The summed E-state index contributed by atoms with van der Waals surface area (Å²) in [6.07, 6.45) is 13.2. The third-order valence-corrected chi connectivity index (χ3v) is 5.03. The van der Waals surface area contributed by atoms with Crippen LogP contribution in [0.25, 0.3) is 11.1 Å². The molecule has 1 spiro atoms. The highest BCUT2D eigenvalue weighted by molar-refractivity contribution is 5.84. The zero-order chi connectivity index (χ0) is 15.2. The van der Waals surface area contributed by atoms with Gasteiger partial charge in [-0.1, -0.05) is 71.8 Å². The van der Waals surface area contributed by atoms with Gasteiger partial charge in [-0.2, -0.15) is 0 Å². The Hall–Kier alpha value is -2.08. The second-order valence-electron chi connectivity index (χ2n) is 6.70. The Bertz CT molecular complexity index is 722. The van der Waals surface area contributed by atoms with Crippen LogP contribution in [0.5, 0.6) is 0 Å². The molecule has 110 valence electrons. The predicted molar refractivity (Wildman–Crippen MR) is 94.3 cm³/mol. The second kappa shape index (κ2) is 4.98. The molecule has 0 heteroatoms. The largest absolute Gasteiger partial charge is 0.0870 e. The topological polar surface area (TPSA) is 0 Å². The van der Waals surface area contributed by atoms with Crippen molar-refractivity contribution in [3.8, 4) is 11.1 Å². The molecule has 0 atom stereocenters. The van der Waals surface area contributed by atoms with Crippen molar-refractivity contribution in [3.63, 3.8) is 0 Å². The first-order valence-corrected chi connectivity index (χ1v) is 8.29. The van der Waals surface area contributed by atoms with Gasteiger partial charge in [0.05, 0.1) is 5.41 Å². The fourth-order valence-corrected chi connectivity index (χ4v) is 3.92. The van der Waals surface area contributed by atoms with Crippen LogP contribution in [0.2, 0.25) is 0 Å². The summed E-state index contributed by atoms with van der Waals surface area (Å²) in [4.78, 5) is 0. The molecule has 0 aromatic heterocycles. The van der Waals surface area contributed by atoms with E-state index in [1.54, 1.807) is 0 Å². The van der Waals surface area contributed by atoms with Crippen molar-refractivity contribution in [1.82, 2.24) is 0 Å². The molecular formula is C22H22. The third kappa shape index (κ3) is 1.90. The van der Waals surface area contributed by atoms with Gasteiger partial charge in [-0.15, -0.1) is 0 Å². The monoisotopic (exact) mass is 286 g/mol. The van der Waals surface area contributed by atoms with Gasteiger partial charge in [-0.05, 0) is 55.4 Å². The van der Waals surface area contributed by atoms with Crippen LogP contribution in [0.3, 0.4) is 0 Å². The van der Waals surface area contributed by atoms with E-state index in [2.05, 4.69) is 74.5 Å². The van der Waals surface area contributed by atoms with Gasteiger partial charge in [-0.25, -0.2) is 0 Å². The van der Waals surface area contributed by atoms with E-state index in [0.29, 0.717) is 0 Å². The molecule has 0 bridgehead atoms. The molecule has 0 saturated heterocycles. The van der Waals surface area contributed by atoms with Crippen molar-refractivity contribution in [2.45, 2.75) is 38.5 Å². The molecule has 0 N–H and O–H groups in total. The Morgan fingerprint density at radius 2 is 1.23 bits per heavy atom. The maximum Gasteiger partial charge on any atom is 0.0575 e. The zero-order valence-electron chi connectivity index (χ0n) is 13.4. The first-order chi connectivity index (χ1) is 10.7. The highest BCUT2D eigenvalue weighted by Crippen LogP contribution is 2.51. The van der Waals surface area contributed by atoms with Gasteiger partial charge in [0.25, 0.3) is 0 Å². The molecule has 0 saturated carbocycles. The van der Waals surface area contributed by atoms with Gasteiger partial charge >= 0.3 is 0 Å². The van der Waals surface area contributed by atoms with Gasteiger partial charge in [0, 0.05) is 0 Å². The summed E-state index contributed by atoms with van der Waals surface area (Å²) < 4.78 is 0. The third-order valence-electron chi connectivity index (χ3n) is 5.03. The fourth-order valence-electron chi connectivity index (χ4n) is 3.92. The van der Waals surface area contributed by atoms with Crippen molar-refractivity contribution in [2.75, 3.05) is 0 Å². The molecule has 0 fully saturated rings. The van der Waals surface area contributed by atoms with Crippen LogP contribution in [-0.4, -0.2) is 0 Å². The van der Waals surface area contributed by atoms with Crippen LogP contribution in [0.15, 0.2) is 60.7 Å². The standard InChI is InChI=1S/C22H22/c1-16-8-10-18-19-11-9-17(2)15-21(19)22(20(18)14-16)12-6-4-3-5-7-13-22/h6-15H,3-5H2,1-2H3. The van der Waals surface area contributed by atoms with Gasteiger partial charge in [0.2, 0.25) is 0 Å². The van der Waals surface area contributed by atoms with E-state index in [0.717, 1.165) is 0 Å². The molecule has 0 aliphatic heterocycles. The van der Waals surface area contributed by atoms with E-state index in [4.69, 9.17) is 0 Å². The number of benzene rings is 2. The van der Waals surface area contributed by atoms with E-state index in [9.17, 15) is 0 Å². The number of allylic oxidation sites excluding steroid dienone is 4. The normalized spacial score (nSPS) is 17.9. The summed E-state index contributed by atoms with van der Waals surface area (Å²) in [5.41, 5.74) is 8.30. The summed E-state index contributed by atoms with van der Waals surface area (Å²) in [6, 6.07) is 13.8. The summed E-state index contributed by atoms with van der Waals surface area (Å²) in [6.45, 7) is 4.39. The van der Waals surface area contributed by atoms with Crippen molar-refractivity contribution in [1.29, 1.82) is 0 Å². The molecule has 22 heavy (non-hydrogen) atoms. The van der Waals surface area contributed by atoms with E-state index in [1.807, 2.05) is 0 Å². The Balaban J connectivity index is 2.07. The van der Waals surface area contributed by atoms with Gasteiger partial charge in [0.1, 0.15) is 0 Å². The van der Waals surface area contributed by atoms with Crippen molar-refractivity contribution in [3.05, 3.63) is 83.0 Å². The number of aryl methyl sites for hydroxylation is 2. The van der Waals surface area contributed by atoms with Crippen LogP contribution in [-0.2, 0) is 5.41 Å². The maximum atomic E-state index is 2.44. The quantitative estimate of drug-likeness (QED) is 0.532. The average Bonchev–Trinajstić information content (AvgIpc) is 2.73. The smallest absolute Gasteiger partial charge is 0.0575 e. The molecule has 0 radical (unpaired) electrons. The number of rotatable bonds is 0. The minimum absolute atomic E-state index is 0.0663. The van der Waals surface area contributed by atoms with E-state index in [-0.39, 0.29) is 5.41 Å². The van der Waals surface area contributed by atoms with Gasteiger partial charge in [-0.3, -0.25) is 0 Å². The highest BCUT2D eigenvalue weighted by atomic mass is 14.4. The predicted octanol–water partition coefficient (Wildman–Crippen LogP) is 5.87. The number of hydrogen-bond donors (Lipinski definition) is 0. The second-order valence-corrected chi connectivity index (χ2v) is 6.70. The van der Waals surface area contributed by atoms with Crippen molar-refractivity contribution < 1.29 is 0 Å². The van der Waals surface area contributed by atoms with Gasteiger partial charge in [0.15, 0.2) is 0 Å².